The zero-order valence-corrected chi connectivity index (χ0v) is 14.1. The van der Waals surface area contributed by atoms with Crippen molar-refractivity contribution in [2.75, 3.05) is 30.8 Å². The van der Waals surface area contributed by atoms with E-state index < -0.39 is 0 Å². The molecule has 6 nitrogen and oxygen atoms in total. The molecule has 1 aromatic heterocycles. The van der Waals surface area contributed by atoms with Crippen LogP contribution in [-0.2, 0) is 4.74 Å². The minimum Gasteiger partial charge on any atom is -0.382 e. The largest absolute Gasteiger partial charge is 0.382 e. The fourth-order valence-corrected chi connectivity index (χ4v) is 3.26. The van der Waals surface area contributed by atoms with Crippen molar-refractivity contribution < 1.29 is 9.53 Å². The minimum atomic E-state index is -0.330. The maximum atomic E-state index is 12.7. The number of hydrogen-bond acceptors (Lipinski definition) is 6. The van der Waals surface area contributed by atoms with Gasteiger partial charge in [0.05, 0.1) is 18.8 Å². The van der Waals surface area contributed by atoms with Gasteiger partial charge in [0.25, 0.3) is 5.91 Å². The average Bonchev–Trinajstić information content (AvgIpc) is 2.66. The first-order chi connectivity index (χ1) is 9.60. The van der Waals surface area contributed by atoms with E-state index in [-0.39, 0.29) is 17.0 Å². The van der Waals surface area contributed by atoms with Crippen molar-refractivity contribution in [3.63, 3.8) is 0 Å². The quantitative estimate of drug-likeness (QED) is 0.875. The monoisotopic (exact) mass is 312 g/mol. The molecule has 0 bridgehead atoms. The second-order valence-corrected chi connectivity index (χ2v) is 7.93. The highest BCUT2D eigenvalue weighted by atomic mass is 32.1. The number of thiazole rings is 1. The van der Waals surface area contributed by atoms with Crippen molar-refractivity contribution in [3.8, 4) is 0 Å². The summed E-state index contributed by atoms with van der Waals surface area (Å²) < 4.78 is 5.45. The number of carbonyl (C=O) groups excluding carboxylic acids is 1. The van der Waals surface area contributed by atoms with Gasteiger partial charge in [0.15, 0.2) is 5.13 Å². The molecule has 118 valence electrons. The number of rotatable bonds is 2. The zero-order chi connectivity index (χ0) is 15.8. The molecule has 0 aliphatic carbocycles. The molecule has 1 aliphatic heterocycles. The lowest BCUT2D eigenvalue weighted by Gasteiger charge is -2.41. The van der Waals surface area contributed by atoms with E-state index in [0.717, 1.165) is 0 Å². The molecule has 1 fully saturated rings. The first-order valence-corrected chi connectivity index (χ1v) is 7.86. The molecular formula is C14H24N4O2S. The lowest BCUT2D eigenvalue weighted by Crippen LogP contribution is -2.55. The van der Waals surface area contributed by atoms with Crippen LogP contribution in [0.1, 0.15) is 44.3 Å². The summed E-state index contributed by atoms with van der Waals surface area (Å²) in [6.45, 7) is 11.8. The Morgan fingerprint density at radius 1 is 1.48 bits per heavy atom. The smallest absolute Gasteiger partial charge is 0.268 e. The van der Waals surface area contributed by atoms with Crippen LogP contribution in [0.4, 0.5) is 10.9 Å². The molecule has 0 spiro atoms. The molecule has 1 saturated heterocycles. The van der Waals surface area contributed by atoms with Crippen LogP contribution in [0, 0.1) is 0 Å². The minimum absolute atomic E-state index is 0.0692. The number of morpholine rings is 1. The number of aromatic nitrogens is 1. The molecule has 1 aliphatic rings. The standard InChI is InChI=1S/C14H24N4O2S/c1-13(2,3)17-12-16-10(15)9(21-12)11(19)18-6-7-20-8-14(18,4)5/h6-8,15H2,1-5H3,(H,16,17). The van der Waals surface area contributed by atoms with Crippen LogP contribution in [-0.4, -0.2) is 46.6 Å². The fourth-order valence-electron chi connectivity index (χ4n) is 2.22. The number of amides is 1. The van der Waals surface area contributed by atoms with Gasteiger partial charge < -0.3 is 20.7 Å². The first-order valence-electron chi connectivity index (χ1n) is 7.04. The predicted molar refractivity (Wildman–Crippen MR) is 85.8 cm³/mol. The van der Waals surface area contributed by atoms with Crippen LogP contribution >= 0.6 is 11.3 Å². The summed E-state index contributed by atoms with van der Waals surface area (Å²) in [4.78, 5) is 19.3. The van der Waals surface area contributed by atoms with Gasteiger partial charge in [0.2, 0.25) is 0 Å². The maximum Gasteiger partial charge on any atom is 0.268 e. The Bertz CT molecular complexity index is 534. The van der Waals surface area contributed by atoms with Crippen LogP contribution in [0.3, 0.4) is 0 Å². The van der Waals surface area contributed by atoms with Gasteiger partial charge in [-0.15, -0.1) is 0 Å². The third-order valence-electron chi connectivity index (χ3n) is 3.22. The number of nitrogens with zero attached hydrogens (tertiary/aromatic N) is 2. The lowest BCUT2D eigenvalue weighted by atomic mass is 10.0. The molecule has 1 amide bonds. The summed E-state index contributed by atoms with van der Waals surface area (Å²) in [5.41, 5.74) is 5.48. The van der Waals surface area contributed by atoms with Crippen LogP contribution in [0.25, 0.3) is 0 Å². The molecule has 21 heavy (non-hydrogen) atoms. The van der Waals surface area contributed by atoms with Gasteiger partial charge in [-0.25, -0.2) is 4.98 Å². The molecule has 1 aromatic rings. The Kier molecular flexibility index (Phi) is 4.17. The molecule has 2 rings (SSSR count). The third-order valence-corrected chi connectivity index (χ3v) is 4.19. The van der Waals surface area contributed by atoms with Crippen LogP contribution in [0.2, 0.25) is 0 Å². The summed E-state index contributed by atoms with van der Waals surface area (Å²) in [6.07, 6.45) is 0. The second kappa shape index (κ2) is 5.46. The highest BCUT2D eigenvalue weighted by Gasteiger charge is 2.36. The van der Waals surface area contributed by atoms with Crippen molar-refractivity contribution in [2.24, 2.45) is 0 Å². The first kappa shape index (κ1) is 16.0. The van der Waals surface area contributed by atoms with Gasteiger partial charge >= 0.3 is 0 Å². The summed E-state index contributed by atoms with van der Waals surface area (Å²) in [7, 11) is 0. The molecule has 2 heterocycles. The number of carbonyl (C=O) groups is 1. The van der Waals surface area contributed by atoms with Crippen molar-refractivity contribution in [1.29, 1.82) is 0 Å². The second-order valence-electron chi connectivity index (χ2n) is 6.93. The molecule has 7 heteroatoms. The molecule has 0 unspecified atom stereocenters. The topological polar surface area (TPSA) is 80.5 Å². The van der Waals surface area contributed by atoms with E-state index in [9.17, 15) is 4.79 Å². The molecule has 0 radical (unpaired) electrons. The molecular weight excluding hydrogens is 288 g/mol. The highest BCUT2D eigenvalue weighted by molar-refractivity contribution is 7.18. The normalized spacial score (nSPS) is 18.6. The van der Waals surface area contributed by atoms with Gasteiger partial charge in [-0.2, -0.15) is 0 Å². The van der Waals surface area contributed by atoms with Crippen LogP contribution < -0.4 is 11.1 Å². The highest BCUT2D eigenvalue weighted by Crippen LogP contribution is 2.31. The SMILES string of the molecule is CC(C)(C)Nc1nc(N)c(C(=O)N2CCOCC2(C)C)s1. The van der Waals surface area contributed by atoms with E-state index in [1.165, 1.54) is 11.3 Å². The Balaban J connectivity index is 2.23. The van der Waals surface area contributed by atoms with Crippen LogP contribution in [0.5, 0.6) is 0 Å². The van der Waals surface area contributed by atoms with E-state index in [0.29, 0.717) is 35.6 Å². The lowest BCUT2D eigenvalue weighted by molar-refractivity contribution is -0.0368. The van der Waals surface area contributed by atoms with Crippen molar-refractivity contribution >= 4 is 28.2 Å². The summed E-state index contributed by atoms with van der Waals surface area (Å²) in [5.74, 6) is 0.222. The Morgan fingerprint density at radius 3 is 2.71 bits per heavy atom. The predicted octanol–water partition coefficient (Wildman–Crippen LogP) is 2.19. The molecule has 3 N–H and O–H groups in total. The number of nitrogens with two attached hydrogens (primary N) is 1. The van der Waals surface area contributed by atoms with Crippen molar-refractivity contribution in [1.82, 2.24) is 9.88 Å². The average molecular weight is 312 g/mol. The van der Waals surface area contributed by atoms with E-state index in [1.54, 1.807) is 0 Å². The fraction of sp³-hybridized carbons (Fsp3) is 0.714. The Labute approximate surface area is 129 Å². The number of nitrogen functional groups attached to an aromatic ring is 1. The van der Waals surface area contributed by atoms with Crippen molar-refractivity contribution in [2.45, 2.75) is 45.7 Å². The maximum absolute atomic E-state index is 12.7. The third kappa shape index (κ3) is 3.65. The van der Waals surface area contributed by atoms with Crippen molar-refractivity contribution in [3.05, 3.63) is 4.88 Å². The summed E-state index contributed by atoms with van der Waals surface area (Å²) in [5, 5.41) is 3.93. The Morgan fingerprint density at radius 2 is 2.14 bits per heavy atom. The molecule has 0 saturated carbocycles. The number of nitrogens with one attached hydrogen (secondary N) is 1. The number of hydrogen-bond donors (Lipinski definition) is 2. The number of ether oxygens (including phenoxy) is 1. The van der Waals surface area contributed by atoms with E-state index >= 15 is 0 Å². The van der Waals surface area contributed by atoms with Gasteiger partial charge in [-0.1, -0.05) is 11.3 Å². The van der Waals surface area contributed by atoms with Gasteiger partial charge in [0.1, 0.15) is 10.7 Å². The molecule has 0 atom stereocenters. The van der Waals surface area contributed by atoms with E-state index in [2.05, 4.69) is 10.3 Å². The summed E-state index contributed by atoms with van der Waals surface area (Å²) >= 11 is 1.31. The van der Waals surface area contributed by atoms with E-state index in [1.807, 2.05) is 39.5 Å². The van der Waals surface area contributed by atoms with E-state index in [4.69, 9.17) is 10.5 Å². The molecule has 0 aromatic carbocycles. The number of anilines is 2. The van der Waals surface area contributed by atoms with Gasteiger partial charge in [0, 0.05) is 12.1 Å². The summed E-state index contributed by atoms with van der Waals surface area (Å²) in [6, 6.07) is 0. The Hall–Kier alpha value is -1.34. The van der Waals surface area contributed by atoms with Gasteiger partial charge in [-0.3, -0.25) is 4.79 Å². The zero-order valence-electron chi connectivity index (χ0n) is 13.3. The van der Waals surface area contributed by atoms with Crippen LogP contribution in [0.15, 0.2) is 0 Å². The van der Waals surface area contributed by atoms with Gasteiger partial charge in [-0.05, 0) is 34.6 Å².